The third-order valence-corrected chi connectivity index (χ3v) is 11.4. The lowest BCUT2D eigenvalue weighted by Gasteiger charge is -2.40. The molecule has 0 saturated carbocycles. The lowest BCUT2D eigenvalue weighted by molar-refractivity contribution is 0.155. The zero-order valence-electron chi connectivity index (χ0n) is 10.2. The van der Waals surface area contributed by atoms with Crippen LogP contribution in [0.1, 0.15) is 6.42 Å². The van der Waals surface area contributed by atoms with E-state index >= 15 is 0 Å². The molecule has 0 spiro atoms. The summed E-state index contributed by atoms with van der Waals surface area (Å²) in [4.78, 5) is 0. The van der Waals surface area contributed by atoms with Crippen LogP contribution in [0.4, 0.5) is 0 Å². The van der Waals surface area contributed by atoms with Crippen LogP contribution in [0.3, 0.4) is 0 Å². The lowest BCUT2D eigenvalue weighted by atomic mass is 10.5. The summed E-state index contributed by atoms with van der Waals surface area (Å²) in [6.07, 6.45) is 1.09. The van der Waals surface area contributed by atoms with E-state index in [1.54, 1.807) is 28.4 Å². The molecule has 1 aliphatic rings. The molecule has 1 fully saturated rings. The Morgan fingerprint density at radius 2 is 1.60 bits per heavy atom. The minimum absolute atomic E-state index is 0.943. The highest BCUT2D eigenvalue weighted by molar-refractivity contribution is 6.81. The van der Waals surface area contributed by atoms with E-state index in [4.69, 9.17) is 17.7 Å². The molecule has 15 heavy (non-hydrogen) atoms. The van der Waals surface area contributed by atoms with Gasteiger partial charge in [0.25, 0.3) is 0 Å². The Balaban J connectivity index is 2.92. The topological polar surface area (TPSA) is 40.2 Å². The second-order valence-corrected chi connectivity index (χ2v) is 10.6. The van der Waals surface area contributed by atoms with Crippen molar-refractivity contribution in [1.29, 1.82) is 0 Å². The van der Waals surface area contributed by atoms with E-state index in [2.05, 4.69) is 4.23 Å². The molecule has 1 heterocycles. The molecule has 0 bridgehead atoms. The first-order valence-corrected chi connectivity index (χ1v) is 9.30. The highest BCUT2D eigenvalue weighted by Gasteiger charge is 2.57. The Bertz CT molecular complexity index is 209. The second kappa shape index (κ2) is 5.04. The van der Waals surface area contributed by atoms with Crippen molar-refractivity contribution in [2.75, 3.05) is 35.0 Å². The molecular formula is C8H21NO4Si2. The molecule has 5 nitrogen and oxygen atoms in total. The maximum Gasteiger partial charge on any atom is 0.424 e. The van der Waals surface area contributed by atoms with Crippen LogP contribution >= 0.6 is 0 Å². The van der Waals surface area contributed by atoms with Crippen LogP contribution in [0, 0.1) is 0 Å². The van der Waals surface area contributed by atoms with E-state index in [0.29, 0.717) is 0 Å². The minimum atomic E-state index is -2.30. The molecule has 0 unspecified atom stereocenters. The molecule has 0 aromatic heterocycles. The molecular weight excluding hydrogens is 230 g/mol. The fourth-order valence-corrected chi connectivity index (χ4v) is 9.56. The Hall–Kier alpha value is 0.234. The molecule has 0 aromatic rings. The quantitative estimate of drug-likeness (QED) is 0.676. The van der Waals surface area contributed by atoms with E-state index in [1.165, 1.54) is 0 Å². The van der Waals surface area contributed by atoms with Crippen LogP contribution in [-0.4, -0.2) is 56.7 Å². The predicted octanol–water partition coefficient (Wildman–Crippen LogP) is 0.785. The zero-order valence-corrected chi connectivity index (χ0v) is 12.2. The first-order chi connectivity index (χ1) is 7.08. The van der Waals surface area contributed by atoms with Crippen molar-refractivity contribution in [2.45, 2.75) is 19.0 Å². The zero-order chi connectivity index (χ0) is 11.5. The van der Waals surface area contributed by atoms with Gasteiger partial charge in [-0.25, -0.2) is 0 Å². The van der Waals surface area contributed by atoms with Gasteiger partial charge < -0.3 is 17.7 Å². The Labute approximate surface area is 93.9 Å². The summed E-state index contributed by atoms with van der Waals surface area (Å²) in [6.45, 7) is 2.97. The molecule has 1 rings (SSSR count). The van der Waals surface area contributed by atoms with E-state index in [1.807, 2.05) is 6.55 Å². The van der Waals surface area contributed by atoms with Gasteiger partial charge in [0.2, 0.25) is 0 Å². The van der Waals surface area contributed by atoms with Crippen LogP contribution in [0.5, 0.6) is 0 Å². The van der Waals surface area contributed by atoms with Gasteiger partial charge in [-0.3, -0.25) is 4.23 Å². The van der Waals surface area contributed by atoms with Crippen LogP contribution in [0.2, 0.25) is 12.6 Å². The van der Waals surface area contributed by atoms with Gasteiger partial charge in [0, 0.05) is 34.5 Å². The van der Waals surface area contributed by atoms with Crippen LogP contribution < -0.4 is 0 Å². The maximum absolute atomic E-state index is 5.63. The van der Waals surface area contributed by atoms with Crippen molar-refractivity contribution in [2.24, 2.45) is 0 Å². The Morgan fingerprint density at radius 3 is 2.00 bits per heavy atom. The standard InChI is InChI=1S/C8H21NO4Si2/c1-10-14(5,11-2)9-7-6-8-15(9,12-3)13-4/h6-8H2,1-5H3. The summed E-state index contributed by atoms with van der Waals surface area (Å²) >= 11 is 0. The van der Waals surface area contributed by atoms with Gasteiger partial charge >= 0.3 is 17.4 Å². The van der Waals surface area contributed by atoms with Crippen LogP contribution in [-0.2, 0) is 17.7 Å². The van der Waals surface area contributed by atoms with Gasteiger partial charge in [0.1, 0.15) is 0 Å². The molecule has 7 heteroatoms. The summed E-state index contributed by atoms with van der Waals surface area (Å²) in [5.74, 6) is 0. The molecule has 0 radical (unpaired) electrons. The van der Waals surface area contributed by atoms with Crippen LogP contribution in [0.25, 0.3) is 0 Å². The monoisotopic (exact) mass is 251 g/mol. The average Bonchev–Trinajstić information content (AvgIpc) is 2.73. The first kappa shape index (κ1) is 13.3. The van der Waals surface area contributed by atoms with E-state index in [-0.39, 0.29) is 0 Å². The molecule has 0 aliphatic carbocycles. The van der Waals surface area contributed by atoms with Crippen molar-refractivity contribution < 1.29 is 17.7 Å². The number of nitrogens with zero attached hydrogens (tertiary/aromatic N) is 1. The smallest absolute Gasteiger partial charge is 0.386 e. The van der Waals surface area contributed by atoms with Gasteiger partial charge in [-0.1, -0.05) is 0 Å². The van der Waals surface area contributed by atoms with Crippen molar-refractivity contribution in [3.05, 3.63) is 0 Å². The number of hydrogen-bond acceptors (Lipinski definition) is 5. The van der Waals surface area contributed by atoms with Crippen molar-refractivity contribution in [3.8, 4) is 0 Å². The third-order valence-electron chi connectivity index (χ3n) is 3.17. The largest absolute Gasteiger partial charge is 0.424 e. The maximum atomic E-state index is 5.63. The summed E-state index contributed by atoms with van der Waals surface area (Å²) < 4.78 is 24.6. The fraction of sp³-hybridized carbons (Fsp3) is 1.00. The first-order valence-electron chi connectivity index (χ1n) is 5.07. The summed E-state index contributed by atoms with van der Waals surface area (Å²) in [7, 11) is 2.28. The summed E-state index contributed by atoms with van der Waals surface area (Å²) in [6, 6.07) is 0.981. The highest BCUT2D eigenvalue weighted by atomic mass is 28.4. The van der Waals surface area contributed by atoms with Gasteiger partial charge in [-0.2, -0.15) is 0 Å². The van der Waals surface area contributed by atoms with Gasteiger partial charge in [-0.15, -0.1) is 0 Å². The summed E-state index contributed by atoms with van der Waals surface area (Å²) in [5, 5.41) is 0. The molecule has 0 N–H and O–H groups in total. The minimum Gasteiger partial charge on any atom is -0.386 e. The molecule has 1 aliphatic heterocycles. The lowest BCUT2D eigenvalue weighted by Crippen LogP contribution is -2.67. The Kier molecular flexibility index (Phi) is 4.47. The normalized spacial score (nSPS) is 22.2. The van der Waals surface area contributed by atoms with Gasteiger partial charge in [0.05, 0.1) is 0 Å². The fourth-order valence-electron chi connectivity index (χ4n) is 2.09. The van der Waals surface area contributed by atoms with E-state index in [9.17, 15) is 0 Å². The SMILES string of the molecule is CO[Si](C)(OC)N1CCC[Si]1(OC)OC. The van der Waals surface area contributed by atoms with Crippen LogP contribution in [0.15, 0.2) is 0 Å². The number of rotatable bonds is 5. The van der Waals surface area contributed by atoms with E-state index < -0.39 is 17.4 Å². The number of hydrogen-bond donors (Lipinski definition) is 0. The molecule has 0 amide bonds. The van der Waals surface area contributed by atoms with E-state index in [0.717, 1.165) is 19.0 Å². The second-order valence-electron chi connectivity index (χ2n) is 3.68. The molecule has 0 aromatic carbocycles. The van der Waals surface area contributed by atoms with Crippen molar-refractivity contribution in [3.63, 3.8) is 0 Å². The summed E-state index contributed by atoms with van der Waals surface area (Å²) in [5.41, 5.74) is 0. The van der Waals surface area contributed by atoms with Gasteiger partial charge in [0.15, 0.2) is 0 Å². The van der Waals surface area contributed by atoms with Gasteiger partial charge in [-0.05, 0) is 19.5 Å². The average molecular weight is 251 g/mol. The predicted molar refractivity (Wildman–Crippen MR) is 61.5 cm³/mol. The Morgan fingerprint density at radius 1 is 1.07 bits per heavy atom. The molecule has 90 valence electrons. The third kappa shape index (κ3) is 2.18. The molecule has 1 saturated heterocycles. The van der Waals surface area contributed by atoms with Crippen molar-refractivity contribution >= 4 is 17.4 Å². The molecule has 0 atom stereocenters. The van der Waals surface area contributed by atoms with Crippen molar-refractivity contribution in [1.82, 2.24) is 4.23 Å². The highest BCUT2D eigenvalue weighted by Crippen LogP contribution is 2.32.